The minimum Gasteiger partial charge on any atom is -0.264 e. The van der Waals surface area contributed by atoms with Crippen LogP contribution in [-0.2, 0) is 12.8 Å². The molecule has 1 aromatic carbocycles. The lowest BCUT2D eigenvalue weighted by Crippen LogP contribution is -2.01. The smallest absolute Gasteiger partial charge is 0.0346 e. The third-order valence-electron chi connectivity index (χ3n) is 3.70. The van der Waals surface area contributed by atoms with Gasteiger partial charge in [-0.3, -0.25) is 9.97 Å². The van der Waals surface area contributed by atoms with Crippen molar-refractivity contribution in [3.05, 3.63) is 72.3 Å². The Morgan fingerprint density at radius 2 is 1.35 bits per heavy atom. The van der Waals surface area contributed by atoms with E-state index in [1.165, 1.54) is 47.6 Å². The van der Waals surface area contributed by atoms with Crippen LogP contribution < -0.4 is 0 Å². The van der Waals surface area contributed by atoms with Crippen molar-refractivity contribution in [1.29, 1.82) is 0 Å². The van der Waals surface area contributed by atoms with E-state index in [0.29, 0.717) is 0 Å². The van der Waals surface area contributed by atoms with Gasteiger partial charge in [0.25, 0.3) is 0 Å². The van der Waals surface area contributed by atoms with Gasteiger partial charge in [0.15, 0.2) is 0 Å². The number of hydrogen-bond donors (Lipinski definition) is 0. The lowest BCUT2D eigenvalue weighted by molar-refractivity contribution is 0.682. The van der Waals surface area contributed by atoms with Crippen molar-refractivity contribution in [2.75, 3.05) is 0 Å². The molecule has 0 bridgehead atoms. The van der Waals surface area contributed by atoms with Crippen LogP contribution in [0.25, 0.3) is 10.8 Å². The lowest BCUT2D eigenvalue weighted by atomic mass is 9.94. The van der Waals surface area contributed by atoms with Crippen LogP contribution >= 0.6 is 0 Å². The highest BCUT2D eigenvalue weighted by Crippen LogP contribution is 2.18. The molecule has 2 aromatic heterocycles. The number of rotatable bonds is 0. The Labute approximate surface area is 119 Å². The summed E-state index contributed by atoms with van der Waals surface area (Å²) in [6, 6.07) is 12.3. The second-order valence-electron chi connectivity index (χ2n) is 5.07. The Kier molecular flexibility index (Phi) is 4.02. The summed E-state index contributed by atoms with van der Waals surface area (Å²) in [4.78, 5) is 8.11. The van der Waals surface area contributed by atoms with Gasteiger partial charge in [0.1, 0.15) is 0 Å². The van der Waals surface area contributed by atoms with Gasteiger partial charge in [-0.15, -0.1) is 0 Å². The number of nitrogens with zero attached hydrogens (tertiary/aromatic N) is 2. The van der Waals surface area contributed by atoms with E-state index in [1.807, 2.05) is 43.0 Å². The molecule has 0 saturated heterocycles. The van der Waals surface area contributed by atoms with Crippen molar-refractivity contribution in [3.8, 4) is 0 Å². The number of aryl methyl sites for hydroxylation is 2. The minimum atomic E-state index is 1.20. The number of fused-ring (bicyclic) bond motifs is 2. The summed E-state index contributed by atoms with van der Waals surface area (Å²) >= 11 is 0. The maximum absolute atomic E-state index is 4.10. The molecule has 0 aliphatic heterocycles. The Bertz CT molecular complexity index is 601. The quantitative estimate of drug-likeness (QED) is 0.607. The second kappa shape index (κ2) is 6.29. The number of benzene rings is 1. The second-order valence-corrected chi connectivity index (χ2v) is 5.07. The fraction of sp³-hybridized carbons (Fsp3) is 0.222. The molecule has 2 nitrogen and oxygen atoms in total. The molecule has 0 spiro atoms. The number of pyridine rings is 2. The monoisotopic (exact) mass is 262 g/mol. The van der Waals surface area contributed by atoms with Gasteiger partial charge in [0.05, 0.1) is 0 Å². The summed E-state index contributed by atoms with van der Waals surface area (Å²) in [5.41, 5.74) is 2.98. The van der Waals surface area contributed by atoms with Crippen molar-refractivity contribution >= 4 is 10.8 Å². The molecule has 0 saturated carbocycles. The zero-order chi connectivity index (χ0) is 13.6. The summed E-state index contributed by atoms with van der Waals surface area (Å²) in [5, 5.41) is 2.45. The van der Waals surface area contributed by atoms with E-state index in [1.54, 1.807) is 0 Å². The van der Waals surface area contributed by atoms with Crippen molar-refractivity contribution in [3.63, 3.8) is 0 Å². The highest BCUT2D eigenvalue weighted by Gasteiger charge is 2.06. The third kappa shape index (κ3) is 3.02. The summed E-state index contributed by atoms with van der Waals surface area (Å²) in [5.74, 6) is 0. The first-order chi connectivity index (χ1) is 9.93. The summed E-state index contributed by atoms with van der Waals surface area (Å²) < 4.78 is 0. The standard InChI is InChI=1S/C9H11N.C9H7N/c2*1-2-4-9-7-10-6-5-8(9)3-1/h5-7H,1-4H2;1-7H. The summed E-state index contributed by atoms with van der Waals surface area (Å²) in [7, 11) is 0. The molecular weight excluding hydrogens is 244 g/mol. The van der Waals surface area contributed by atoms with E-state index in [-0.39, 0.29) is 0 Å². The van der Waals surface area contributed by atoms with Gasteiger partial charge in [-0.1, -0.05) is 24.3 Å². The molecule has 0 N–H and O–H groups in total. The van der Waals surface area contributed by atoms with E-state index in [0.717, 1.165) is 0 Å². The molecule has 20 heavy (non-hydrogen) atoms. The molecule has 1 aliphatic carbocycles. The first-order valence-corrected chi connectivity index (χ1v) is 7.14. The molecule has 0 fully saturated rings. The maximum Gasteiger partial charge on any atom is 0.0346 e. The molecule has 2 heterocycles. The van der Waals surface area contributed by atoms with Crippen LogP contribution in [0.2, 0.25) is 0 Å². The third-order valence-corrected chi connectivity index (χ3v) is 3.70. The van der Waals surface area contributed by atoms with Crippen LogP contribution in [0.1, 0.15) is 24.0 Å². The van der Waals surface area contributed by atoms with Crippen LogP contribution in [-0.4, -0.2) is 9.97 Å². The van der Waals surface area contributed by atoms with Gasteiger partial charge >= 0.3 is 0 Å². The Morgan fingerprint density at radius 1 is 0.650 bits per heavy atom. The van der Waals surface area contributed by atoms with Crippen molar-refractivity contribution in [1.82, 2.24) is 9.97 Å². The summed E-state index contributed by atoms with van der Waals surface area (Å²) in [6.07, 6.45) is 12.8. The number of hydrogen-bond acceptors (Lipinski definition) is 2. The van der Waals surface area contributed by atoms with E-state index in [9.17, 15) is 0 Å². The fourth-order valence-corrected chi connectivity index (χ4v) is 2.58. The molecule has 100 valence electrons. The largest absolute Gasteiger partial charge is 0.264 e. The average molecular weight is 262 g/mol. The predicted octanol–water partition coefficient (Wildman–Crippen LogP) is 4.20. The van der Waals surface area contributed by atoms with Gasteiger partial charge < -0.3 is 0 Å². The first-order valence-electron chi connectivity index (χ1n) is 7.14. The van der Waals surface area contributed by atoms with Crippen LogP contribution in [0.15, 0.2) is 61.2 Å². The average Bonchev–Trinajstić information content (AvgIpc) is 2.56. The molecule has 1 aliphatic rings. The van der Waals surface area contributed by atoms with Crippen LogP contribution in [0.5, 0.6) is 0 Å². The van der Waals surface area contributed by atoms with E-state index < -0.39 is 0 Å². The number of aromatic nitrogens is 2. The molecule has 3 aromatic rings. The molecule has 4 rings (SSSR count). The molecule has 0 atom stereocenters. The van der Waals surface area contributed by atoms with E-state index in [4.69, 9.17) is 0 Å². The van der Waals surface area contributed by atoms with Crippen LogP contribution in [0, 0.1) is 0 Å². The Balaban J connectivity index is 0.000000121. The van der Waals surface area contributed by atoms with E-state index >= 15 is 0 Å². The van der Waals surface area contributed by atoms with Crippen molar-refractivity contribution in [2.24, 2.45) is 0 Å². The van der Waals surface area contributed by atoms with Gasteiger partial charge in [-0.05, 0) is 59.7 Å². The molecule has 2 heteroatoms. The zero-order valence-electron chi connectivity index (χ0n) is 11.5. The molecule has 0 amide bonds. The highest BCUT2D eigenvalue weighted by atomic mass is 14.6. The predicted molar refractivity (Wildman–Crippen MR) is 82.6 cm³/mol. The van der Waals surface area contributed by atoms with Crippen LogP contribution in [0.4, 0.5) is 0 Å². The highest BCUT2D eigenvalue weighted by molar-refractivity contribution is 5.80. The van der Waals surface area contributed by atoms with Crippen LogP contribution in [0.3, 0.4) is 0 Å². The van der Waals surface area contributed by atoms with Gasteiger partial charge in [0.2, 0.25) is 0 Å². The molecule has 0 radical (unpaired) electrons. The van der Waals surface area contributed by atoms with Gasteiger partial charge in [0, 0.05) is 24.8 Å². The zero-order valence-corrected chi connectivity index (χ0v) is 11.5. The van der Waals surface area contributed by atoms with Crippen molar-refractivity contribution in [2.45, 2.75) is 25.7 Å². The minimum absolute atomic E-state index is 1.20. The maximum atomic E-state index is 4.10. The van der Waals surface area contributed by atoms with Gasteiger partial charge in [-0.2, -0.15) is 0 Å². The SMILES string of the molecule is c1cc2c(cn1)CCCC2.c1ccc2cnccc2c1. The van der Waals surface area contributed by atoms with Crippen molar-refractivity contribution < 1.29 is 0 Å². The molecular formula is C18H18N2. The fourth-order valence-electron chi connectivity index (χ4n) is 2.58. The van der Waals surface area contributed by atoms with E-state index in [2.05, 4.69) is 28.2 Å². The molecule has 0 unspecified atom stereocenters. The van der Waals surface area contributed by atoms with Gasteiger partial charge in [-0.25, -0.2) is 0 Å². The Morgan fingerprint density at radius 3 is 2.15 bits per heavy atom. The summed E-state index contributed by atoms with van der Waals surface area (Å²) in [6.45, 7) is 0. The first kappa shape index (κ1) is 12.8. The lowest BCUT2D eigenvalue weighted by Gasteiger charge is -2.13. The topological polar surface area (TPSA) is 25.8 Å². The Hall–Kier alpha value is -2.22. The normalized spacial score (nSPS) is 13.2.